The molecule has 7 aromatic carbocycles. The standard InChI is InChI=1S/C22H21Cl2N5.C21H20Cl2N6.C20H18Cl2N6.C16H16Cl2N6/c1-13-14(2)27-22(17-8-7-16(23)12-18(17)24)29-21(13)26-10-9-25-20-11-15-5-3-4-6-19(15)28-20;1-12-13(2)26-20(15-8-7-14(22)11-16(15)23)29-19(12)24-9-10-25-21-27-17-5-3-4-6-18(17)28-21;1-12-10-18(26-20(25-12)14-7-6-13(21)11-16(14)22)23-8-9-24-19-15-4-2-3-5-17(15)27-28-19;1-10-8-15(20-7-6-19-14-4-5-21-24-14)23-16(22-10)12-3-2-11(17)9-13(12)18/h3-8,11-12,25,28H,9-10H2,1-2H3,(H,26,27,29);3-8,11H,9-10H2,1-2H3,(H,24,26,29)(H2,25,27,28);2-7,10-11H,8-9H2,1H3,(H,23,25,26)(H2,24,27,28);2-5,8-9H,6-7H2,1H3,(H2,19,21,24)(H,20,22,23). The number of H-pyrrole nitrogens is 4. The van der Waals surface area contributed by atoms with Gasteiger partial charge in [0, 0.05) is 157 Å². The van der Waals surface area contributed by atoms with Crippen LogP contribution in [-0.4, -0.2) is 128 Å². The molecule has 8 aromatic heterocycles. The number of hydrogen-bond acceptors (Lipinski definition) is 19. The van der Waals surface area contributed by atoms with Gasteiger partial charge in [0.1, 0.15) is 34.9 Å². The average Bonchev–Trinajstić information content (AvgIpc) is 1.60. The van der Waals surface area contributed by atoms with Gasteiger partial charge in [0.05, 0.1) is 42.8 Å². The van der Waals surface area contributed by atoms with Crippen LogP contribution >= 0.6 is 92.8 Å². The van der Waals surface area contributed by atoms with Crippen LogP contribution in [0.2, 0.25) is 40.2 Å². The number of nitrogens with one attached hydrogen (secondary N) is 12. The molecule has 23 nitrogen and oxygen atoms in total. The normalized spacial score (nSPS) is 10.9. The number of rotatable bonds is 24. The van der Waals surface area contributed by atoms with E-state index in [2.05, 4.69) is 136 Å². The Morgan fingerprint density at radius 3 is 1.24 bits per heavy atom. The van der Waals surface area contributed by atoms with Crippen molar-refractivity contribution in [1.29, 1.82) is 0 Å². The van der Waals surface area contributed by atoms with Crippen molar-refractivity contribution in [3.05, 3.63) is 250 Å². The Hall–Kier alpha value is -10.7. The van der Waals surface area contributed by atoms with Crippen molar-refractivity contribution in [3.63, 3.8) is 0 Å². The van der Waals surface area contributed by atoms with Gasteiger partial charge in [-0.15, -0.1) is 0 Å². The largest absolute Gasteiger partial charge is 0.370 e. The molecule has 12 N–H and O–H groups in total. The molecule has 0 fully saturated rings. The molecule has 0 saturated heterocycles. The second-order valence-electron chi connectivity index (χ2n) is 25.0. The van der Waals surface area contributed by atoms with Crippen molar-refractivity contribution in [2.75, 3.05) is 94.9 Å². The van der Waals surface area contributed by atoms with E-state index < -0.39 is 0 Å². The summed E-state index contributed by atoms with van der Waals surface area (Å²) in [6.07, 6.45) is 1.70. The van der Waals surface area contributed by atoms with E-state index in [-0.39, 0.29) is 0 Å². The molecule has 0 radical (unpaired) electrons. The predicted octanol–water partition coefficient (Wildman–Crippen LogP) is 20.7. The Labute approximate surface area is 674 Å². The van der Waals surface area contributed by atoms with Crippen molar-refractivity contribution in [1.82, 2.24) is 75.2 Å². The van der Waals surface area contributed by atoms with Crippen LogP contribution in [0.1, 0.15) is 33.9 Å². The molecule has 31 heteroatoms. The van der Waals surface area contributed by atoms with E-state index in [0.29, 0.717) is 103 Å². The Morgan fingerprint density at radius 1 is 0.327 bits per heavy atom. The molecular formula is C79H75Cl8N23. The zero-order valence-corrected chi connectivity index (χ0v) is 66.4. The summed E-state index contributed by atoms with van der Waals surface area (Å²) in [6.45, 7) is 17.4. The van der Waals surface area contributed by atoms with Gasteiger partial charge in [-0.05, 0) is 157 Å². The van der Waals surface area contributed by atoms with Crippen LogP contribution in [0.15, 0.2) is 176 Å². The van der Waals surface area contributed by atoms with Gasteiger partial charge in [0.15, 0.2) is 29.1 Å². The molecule has 0 spiro atoms. The minimum absolute atomic E-state index is 0.524. The fraction of sp³-hybridized carbons (Fsp3) is 0.177. The third-order valence-electron chi connectivity index (χ3n) is 17.0. The first-order valence-electron chi connectivity index (χ1n) is 34.8. The predicted molar refractivity (Wildman–Crippen MR) is 455 cm³/mol. The molecule has 562 valence electrons. The molecule has 0 aliphatic carbocycles. The van der Waals surface area contributed by atoms with Crippen LogP contribution in [0.3, 0.4) is 0 Å². The maximum atomic E-state index is 6.34. The zero-order chi connectivity index (χ0) is 77.2. The summed E-state index contributed by atoms with van der Waals surface area (Å²) in [4.78, 5) is 47.7. The Morgan fingerprint density at radius 2 is 0.755 bits per heavy atom. The van der Waals surface area contributed by atoms with E-state index in [1.807, 2.05) is 145 Å². The number of aromatic nitrogens is 15. The lowest BCUT2D eigenvalue weighted by molar-refractivity contribution is 1.01. The molecule has 0 aliphatic rings. The van der Waals surface area contributed by atoms with Gasteiger partial charge < -0.3 is 52.5 Å². The number of para-hydroxylation sites is 4. The summed E-state index contributed by atoms with van der Waals surface area (Å²) in [5, 5.41) is 47.4. The summed E-state index contributed by atoms with van der Waals surface area (Å²) < 4.78 is 0. The van der Waals surface area contributed by atoms with Crippen molar-refractivity contribution < 1.29 is 0 Å². The first kappa shape index (κ1) is 78.8. The van der Waals surface area contributed by atoms with Crippen LogP contribution in [0, 0.1) is 41.5 Å². The maximum Gasteiger partial charge on any atom is 0.201 e. The summed E-state index contributed by atoms with van der Waals surface area (Å²) in [7, 11) is 0. The van der Waals surface area contributed by atoms with Gasteiger partial charge in [-0.25, -0.2) is 44.9 Å². The summed E-state index contributed by atoms with van der Waals surface area (Å²) in [6, 6.07) is 53.1. The minimum atomic E-state index is 0.524. The number of hydrogen-bond donors (Lipinski definition) is 12. The molecule has 0 atom stereocenters. The molecular weight excluding hydrogens is 1550 g/mol. The smallest absolute Gasteiger partial charge is 0.201 e. The van der Waals surface area contributed by atoms with Gasteiger partial charge in [0.2, 0.25) is 5.95 Å². The SMILES string of the molecule is Cc1cc(NCCNc2ccn[nH]2)nc(-c2ccc(Cl)cc2Cl)n1.Cc1cc(NCCNc2n[nH]c3ccccc23)nc(-c2ccc(Cl)cc2Cl)n1.Cc1nc(-c2ccc(Cl)cc2Cl)nc(NCCNc2cc3ccccc3[nH]2)c1C.Cc1nc(-c2ccc(Cl)cc2Cl)nc(NCCNc2nc3ccccc3[nH]2)c1C. The highest BCUT2D eigenvalue weighted by atomic mass is 35.5. The molecule has 15 rings (SSSR count). The zero-order valence-electron chi connectivity index (χ0n) is 60.3. The number of nitrogens with zero attached hydrogens (tertiary/aromatic N) is 11. The Bertz CT molecular complexity index is 5400. The quantitative estimate of drug-likeness (QED) is 0.0250. The highest BCUT2D eigenvalue weighted by Crippen LogP contribution is 2.35. The number of imidazole rings is 1. The molecule has 110 heavy (non-hydrogen) atoms. The highest BCUT2D eigenvalue weighted by Gasteiger charge is 2.17. The monoisotopic (exact) mass is 1630 g/mol. The molecule has 0 bridgehead atoms. The van der Waals surface area contributed by atoms with Crippen molar-refractivity contribution in [3.8, 4) is 45.6 Å². The first-order chi connectivity index (χ1) is 53.2. The molecule has 0 unspecified atom stereocenters. The van der Waals surface area contributed by atoms with Gasteiger partial charge in [-0.3, -0.25) is 10.2 Å². The van der Waals surface area contributed by atoms with Crippen LogP contribution < -0.4 is 42.5 Å². The van der Waals surface area contributed by atoms with Crippen molar-refractivity contribution in [2.45, 2.75) is 41.5 Å². The van der Waals surface area contributed by atoms with Crippen molar-refractivity contribution >= 4 is 172 Å². The average molecular weight is 1630 g/mol. The van der Waals surface area contributed by atoms with E-state index in [0.717, 1.165) is 143 Å². The topological polar surface area (TPSA) is 301 Å². The van der Waals surface area contributed by atoms with Gasteiger partial charge in [-0.2, -0.15) is 10.2 Å². The molecule has 8 heterocycles. The molecule has 0 amide bonds. The Kier molecular flexibility index (Phi) is 26.9. The number of halogens is 8. The second kappa shape index (κ2) is 37.6. The van der Waals surface area contributed by atoms with Gasteiger partial charge >= 0.3 is 0 Å². The number of aryl methyl sites for hydroxylation is 4. The Balaban J connectivity index is 0.000000137. The third-order valence-corrected chi connectivity index (χ3v) is 19.2. The van der Waals surface area contributed by atoms with Crippen LogP contribution in [0.25, 0.3) is 78.4 Å². The number of aromatic amines is 4. The van der Waals surface area contributed by atoms with Crippen molar-refractivity contribution in [2.24, 2.45) is 0 Å². The lowest BCUT2D eigenvalue weighted by Gasteiger charge is -2.13. The maximum absolute atomic E-state index is 6.34. The molecule has 15 aromatic rings. The number of anilines is 8. The van der Waals surface area contributed by atoms with Crippen LogP contribution in [0.5, 0.6) is 0 Å². The third kappa shape index (κ3) is 21.2. The lowest BCUT2D eigenvalue weighted by atomic mass is 10.2. The molecule has 0 aliphatic heterocycles. The first-order valence-corrected chi connectivity index (χ1v) is 37.9. The van der Waals surface area contributed by atoms with Gasteiger partial charge in [0.25, 0.3) is 0 Å². The fourth-order valence-corrected chi connectivity index (χ4v) is 13.2. The summed E-state index contributed by atoms with van der Waals surface area (Å²) in [5.41, 5.74) is 12.6. The van der Waals surface area contributed by atoms with Crippen LogP contribution in [-0.2, 0) is 0 Å². The van der Waals surface area contributed by atoms with Gasteiger partial charge in [-0.1, -0.05) is 135 Å². The second-order valence-corrected chi connectivity index (χ2v) is 28.4. The van der Waals surface area contributed by atoms with Crippen LogP contribution in [0.4, 0.5) is 46.7 Å². The van der Waals surface area contributed by atoms with E-state index in [4.69, 9.17) is 92.8 Å². The summed E-state index contributed by atoms with van der Waals surface area (Å²) >= 11 is 49.1. The lowest BCUT2D eigenvalue weighted by Crippen LogP contribution is -2.16. The van der Waals surface area contributed by atoms with E-state index in [9.17, 15) is 0 Å². The number of benzene rings is 7. The fourth-order valence-electron chi connectivity index (χ4n) is 11.2. The van der Waals surface area contributed by atoms with E-state index in [1.54, 1.807) is 54.7 Å². The highest BCUT2D eigenvalue weighted by molar-refractivity contribution is 6.38. The number of fused-ring (bicyclic) bond motifs is 3. The van der Waals surface area contributed by atoms with E-state index >= 15 is 0 Å². The molecule has 0 saturated carbocycles. The van der Waals surface area contributed by atoms with E-state index in [1.165, 1.54) is 5.39 Å². The summed E-state index contributed by atoms with van der Waals surface area (Å²) in [5.74, 6) is 8.82. The minimum Gasteiger partial charge on any atom is -0.370 e.